The summed E-state index contributed by atoms with van der Waals surface area (Å²) in [4.78, 5) is 36.2. The molecule has 0 aliphatic heterocycles. The molecule has 0 amide bonds. The van der Waals surface area contributed by atoms with Gasteiger partial charge in [0.25, 0.3) is 0 Å². The Morgan fingerprint density at radius 3 is 2.60 bits per heavy atom. The third kappa shape index (κ3) is 2.22. The van der Waals surface area contributed by atoms with E-state index in [9.17, 15) is 14.4 Å². The Hall–Kier alpha value is -1.71. The van der Waals surface area contributed by atoms with Gasteiger partial charge in [-0.25, -0.2) is 0 Å². The summed E-state index contributed by atoms with van der Waals surface area (Å²) in [6.07, 6.45) is 9.03. The first-order valence-corrected chi connectivity index (χ1v) is 9.46. The summed E-state index contributed by atoms with van der Waals surface area (Å²) in [5, 5.41) is 0. The maximum absolute atomic E-state index is 12.5. The molecule has 0 unspecified atom stereocenters. The zero-order valence-corrected chi connectivity index (χ0v) is 15.3. The van der Waals surface area contributed by atoms with Crippen molar-refractivity contribution in [1.82, 2.24) is 0 Å². The zero-order chi connectivity index (χ0) is 18.0. The fourth-order valence-corrected chi connectivity index (χ4v) is 6.32. The maximum Gasteiger partial charge on any atom is 0.308 e. The van der Waals surface area contributed by atoms with Crippen LogP contribution in [0.2, 0.25) is 0 Å². The molecule has 25 heavy (non-hydrogen) atoms. The minimum atomic E-state index is -0.437. The Morgan fingerprint density at radius 1 is 1.12 bits per heavy atom. The summed E-state index contributed by atoms with van der Waals surface area (Å²) in [6, 6.07) is 0. The lowest BCUT2D eigenvalue weighted by Gasteiger charge is -2.55. The lowest BCUT2D eigenvalue weighted by atomic mass is 9.48. The van der Waals surface area contributed by atoms with Crippen LogP contribution in [0.3, 0.4) is 0 Å². The van der Waals surface area contributed by atoms with E-state index in [1.807, 2.05) is 6.08 Å². The Balaban J connectivity index is 1.74. The van der Waals surface area contributed by atoms with Crippen molar-refractivity contribution in [3.8, 4) is 0 Å². The van der Waals surface area contributed by atoms with Crippen LogP contribution in [-0.4, -0.2) is 17.5 Å². The van der Waals surface area contributed by atoms with Crippen molar-refractivity contribution >= 4 is 17.5 Å². The van der Waals surface area contributed by atoms with Gasteiger partial charge in [0.15, 0.2) is 5.76 Å². The fourth-order valence-electron chi connectivity index (χ4n) is 6.32. The van der Waals surface area contributed by atoms with Gasteiger partial charge in [0.1, 0.15) is 5.78 Å². The summed E-state index contributed by atoms with van der Waals surface area (Å²) in [7, 11) is 0. The Kier molecular flexibility index (Phi) is 3.61. The van der Waals surface area contributed by atoms with Crippen LogP contribution < -0.4 is 0 Å². The van der Waals surface area contributed by atoms with Gasteiger partial charge in [0.2, 0.25) is 5.78 Å². The molecule has 5 atom stereocenters. The number of fused-ring (bicyclic) bond motifs is 5. The average molecular weight is 342 g/mol. The maximum atomic E-state index is 12.5. The number of ketones is 2. The van der Waals surface area contributed by atoms with Crippen LogP contribution in [0.5, 0.6) is 0 Å². The second-order valence-electron chi connectivity index (χ2n) is 8.72. The van der Waals surface area contributed by atoms with Crippen molar-refractivity contribution in [3.05, 3.63) is 23.5 Å². The molecule has 0 radical (unpaired) electrons. The number of esters is 1. The highest BCUT2D eigenvalue weighted by Gasteiger charge is 2.59. The first-order chi connectivity index (χ1) is 11.8. The van der Waals surface area contributed by atoms with Crippen molar-refractivity contribution in [2.75, 3.05) is 0 Å². The highest BCUT2D eigenvalue weighted by Crippen LogP contribution is 2.64. The number of carbonyl (C=O) groups excluding carboxylic acids is 3. The van der Waals surface area contributed by atoms with Gasteiger partial charge in [0.05, 0.1) is 0 Å². The summed E-state index contributed by atoms with van der Waals surface area (Å²) in [6.45, 7) is 5.70. The molecule has 0 spiro atoms. The van der Waals surface area contributed by atoms with Crippen LogP contribution in [0.25, 0.3) is 0 Å². The number of hydrogen-bond donors (Lipinski definition) is 0. The van der Waals surface area contributed by atoms with Gasteiger partial charge in [-0.2, -0.15) is 0 Å². The van der Waals surface area contributed by atoms with Crippen LogP contribution >= 0.6 is 0 Å². The molecule has 4 heteroatoms. The molecule has 0 N–H and O–H groups in total. The molecule has 0 bridgehead atoms. The van der Waals surface area contributed by atoms with Gasteiger partial charge < -0.3 is 4.74 Å². The van der Waals surface area contributed by atoms with Crippen LogP contribution in [0, 0.1) is 28.6 Å². The number of carbonyl (C=O) groups is 3. The standard InChI is InChI=1S/C21H26O4/c1-12(22)25-19-16-5-4-13-14-6-7-18(24)21(14,3)10-8-15(13)20(16,2)11-9-17(19)23/h9,11,13-15H,4-8,10H2,1-3H3/t13-,14-,15-,20+,21-/m0/s1. The van der Waals surface area contributed by atoms with Crippen molar-refractivity contribution in [2.45, 2.75) is 59.3 Å². The number of Topliss-reactive ketones (excluding diaryl/α,β-unsaturated/α-hetero) is 1. The molecule has 4 aliphatic rings. The minimum Gasteiger partial charge on any atom is -0.423 e. The second-order valence-corrected chi connectivity index (χ2v) is 8.72. The normalized spacial score (nSPS) is 42.8. The Bertz CT molecular complexity index is 730. The highest BCUT2D eigenvalue weighted by atomic mass is 16.5. The van der Waals surface area contributed by atoms with Crippen molar-refractivity contribution < 1.29 is 19.1 Å². The predicted molar refractivity (Wildman–Crippen MR) is 92.3 cm³/mol. The second kappa shape index (κ2) is 5.39. The molecule has 3 fully saturated rings. The molecule has 0 saturated heterocycles. The monoisotopic (exact) mass is 342 g/mol. The molecule has 4 rings (SSSR count). The fraction of sp³-hybridized carbons (Fsp3) is 0.667. The van der Waals surface area contributed by atoms with E-state index in [-0.39, 0.29) is 22.4 Å². The quantitative estimate of drug-likeness (QED) is 0.681. The lowest BCUT2D eigenvalue weighted by molar-refractivity contribution is -0.140. The van der Waals surface area contributed by atoms with E-state index in [0.29, 0.717) is 23.5 Å². The largest absolute Gasteiger partial charge is 0.423 e. The molecule has 3 saturated carbocycles. The first kappa shape index (κ1) is 16.7. The van der Waals surface area contributed by atoms with Crippen molar-refractivity contribution in [2.24, 2.45) is 28.6 Å². The summed E-state index contributed by atoms with van der Waals surface area (Å²) < 4.78 is 5.33. The van der Waals surface area contributed by atoms with Crippen LogP contribution in [-0.2, 0) is 19.1 Å². The van der Waals surface area contributed by atoms with Gasteiger partial charge in [-0.1, -0.05) is 19.9 Å². The minimum absolute atomic E-state index is 0.147. The first-order valence-electron chi connectivity index (χ1n) is 9.46. The summed E-state index contributed by atoms with van der Waals surface area (Å²) in [5.74, 6) is 1.45. The summed E-state index contributed by atoms with van der Waals surface area (Å²) in [5.41, 5.74) is 0.602. The van der Waals surface area contributed by atoms with E-state index in [2.05, 4.69) is 13.8 Å². The van der Waals surface area contributed by atoms with E-state index in [0.717, 1.165) is 44.1 Å². The van der Waals surface area contributed by atoms with Crippen LogP contribution in [0.15, 0.2) is 23.5 Å². The van der Waals surface area contributed by atoms with E-state index >= 15 is 0 Å². The SMILES string of the molecule is CC(=O)OC1=C2CC[C@@H]3[C@H](CC[C@]4(C)C(=O)CC[C@@H]34)[C@@]2(C)C=CC1=O. The number of ether oxygens (including phenoxy) is 1. The predicted octanol–water partition coefficient (Wildman–Crippen LogP) is 3.75. The molecule has 0 aromatic carbocycles. The molecule has 4 aliphatic carbocycles. The lowest BCUT2D eigenvalue weighted by Crippen LogP contribution is -2.50. The third-order valence-electron chi connectivity index (χ3n) is 7.62. The molecule has 0 heterocycles. The van der Waals surface area contributed by atoms with E-state index < -0.39 is 5.97 Å². The number of hydrogen-bond acceptors (Lipinski definition) is 4. The molecule has 134 valence electrons. The Labute approximate surface area is 148 Å². The van der Waals surface area contributed by atoms with Crippen molar-refractivity contribution in [1.29, 1.82) is 0 Å². The van der Waals surface area contributed by atoms with E-state index in [1.54, 1.807) is 6.08 Å². The number of rotatable bonds is 1. The molecular weight excluding hydrogens is 316 g/mol. The molecular formula is C21H26O4. The third-order valence-corrected chi connectivity index (χ3v) is 7.62. The van der Waals surface area contributed by atoms with Gasteiger partial charge in [-0.3, -0.25) is 14.4 Å². The Morgan fingerprint density at radius 2 is 1.88 bits per heavy atom. The summed E-state index contributed by atoms with van der Waals surface area (Å²) >= 11 is 0. The van der Waals surface area contributed by atoms with Gasteiger partial charge in [0, 0.05) is 24.2 Å². The highest BCUT2D eigenvalue weighted by molar-refractivity contribution is 6.05. The van der Waals surface area contributed by atoms with Gasteiger partial charge in [-0.15, -0.1) is 0 Å². The van der Waals surface area contributed by atoms with Crippen molar-refractivity contribution in [3.63, 3.8) is 0 Å². The van der Waals surface area contributed by atoms with Crippen LogP contribution in [0.1, 0.15) is 59.3 Å². The topological polar surface area (TPSA) is 60.4 Å². The van der Waals surface area contributed by atoms with E-state index in [1.165, 1.54) is 6.92 Å². The van der Waals surface area contributed by atoms with E-state index in [4.69, 9.17) is 4.74 Å². The molecule has 4 nitrogen and oxygen atoms in total. The van der Waals surface area contributed by atoms with Gasteiger partial charge in [-0.05, 0) is 61.5 Å². The molecule has 0 aromatic rings. The van der Waals surface area contributed by atoms with Crippen LogP contribution in [0.4, 0.5) is 0 Å². The smallest absolute Gasteiger partial charge is 0.308 e. The van der Waals surface area contributed by atoms with Gasteiger partial charge >= 0.3 is 5.97 Å². The zero-order valence-electron chi connectivity index (χ0n) is 15.3. The average Bonchev–Trinajstić information content (AvgIpc) is 2.86. The molecule has 0 aromatic heterocycles. The number of allylic oxidation sites excluding steroid dienone is 3.